The van der Waals surface area contributed by atoms with Crippen LogP contribution in [-0.2, 0) is 0 Å². The van der Waals surface area contributed by atoms with Crippen LogP contribution in [0.4, 0.5) is 0 Å². The zero-order valence-electron chi connectivity index (χ0n) is 13.2. The Labute approximate surface area is 141 Å². The van der Waals surface area contributed by atoms with Crippen LogP contribution in [0.5, 0.6) is 5.75 Å². The summed E-state index contributed by atoms with van der Waals surface area (Å²) in [5, 5.41) is 9.14. The number of benzene rings is 2. The highest BCUT2D eigenvalue weighted by Gasteiger charge is 2.26. The number of fused-ring (bicyclic) bond motifs is 1. The lowest BCUT2D eigenvalue weighted by atomic mass is 9.89. The third kappa shape index (κ3) is 3.46. The van der Waals surface area contributed by atoms with Gasteiger partial charge in [0.15, 0.2) is 0 Å². The van der Waals surface area contributed by atoms with Gasteiger partial charge < -0.3 is 15.0 Å². The van der Waals surface area contributed by atoms with Crippen molar-refractivity contribution >= 4 is 23.1 Å². The summed E-state index contributed by atoms with van der Waals surface area (Å²) in [6, 6.07) is 15.6. The van der Waals surface area contributed by atoms with Crippen molar-refractivity contribution in [2.24, 2.45) is 0 Å². The van der Waals surface area contributed by atoms with Gasteiger partial charge in [-0.3, -0.25) is 0 Å². The summed E-state index contributed by atoms with van der Waals surface area (Å²) in [4.78, 5) is 2.00. The van der Waals surface area contributed by atoms with Crippen molar-refractivity contribution in [1.29, 1.82) is 5.41 Å². The zero-order valence-corrected chi connectivity index (χ0v) is 14.0. The summed E-state index contributed by atoms with van der Waals surface area (Å²) in [7, 11) is 3.93. The van der Waals surface area contributed by atoms with Gasteiger partial charge in [-0.05, 0) is 38.4 Å². The predicted molar refractivity (Wildman–Crippen MR) is 95.5 cm³/mol. The Balaban J connectivity index is 2.04. The van der Waals surface area contributed by atoms with E-state index in [4.69, 9.17) is 21.7 Å². The van der Waals surface area contributed by atoms with Gasteiger partial charge in [-0.1, -0.05) is 41.9 Å². The molecule has 0 amide bonds. The minimum Gasteiger partial charge on any atom is -0.457 e. The minimum atomic E-state index is -0.130. The third-order valence-corrected chi connectivity index (χ3v) is 4.00. The first kappa shape index (κ1) is 15.8. The Hall–Kier alpha value is -2.10. The molecular formula is C19H19ClN2O. The van der Waals surface area contributed by atoms with Gasteiger partial charge >= 0.3 is 0 Å². The molecule has 1 heterocycles. The molecule has 0 fully saturated rings. The van der Waals surface area contributed by atoms with Crippen molar-refractivity contribution in [3.8, 4) is 5.75 Å². The van der Waals surface area contributed by atoms with E-state index in [2.05, 4.69) is 0 Å². The number of nitrogens with zero attached hydrogens (tertiary/aromatic N) is 1. The highest BCUT2D eigenvalue weighted by molar-refractivity contribution is 6.30. The molecule has 0 bridgehead atoms. The van der Waals surface area contributed by atoms with E-state index < -0.39 is 0 Å². The predicted octanol–water partition coefficient (Wildman–Crippen LogP) is 4.44. The van der Waals surface area contributed by atoms with Crippen molar-refractivity contribution in [2.75, 3.05) is 20.6 Å². The molecular weight excluding hydrogens is 308 g/mol. The maximum atomic E-state index is 8.48. The zero-order chi connectivity index (χ0) is 16.4. The average Bonchev–Trinajstić information content (AvgIpc) is 2.54. The number of hydrogen-bond donors (Lipinski definition) is 1. The molecule has 118 valence electrons. The van der Waals surface area contributed by atoms with E-state index in [1.165, 1.54) is 0 Å². The second-order valence-corrected chi connectivity index (χ2v) is 6.36. The molecule has 4 heteroatoms. The number of ether oxygens (including phenoxy) is 1. The number of hydrogen-bond acceptors (Lipinski definition) is 3. The van der Waals surface area contributed by atoms with Crippen molar-refractivity contribution in [1.82, 2.24) is 4.90 Å². The summed E-state index contributed by atoms with van der Waals surface area (Å²) < 4.78 is 6.05. The number of halogens is 1. The van der Waals surface area contributed by atoms with Gasteiger partial charge in [-0.15, -0.1) is 0 Å². The van der Waals surface area contributed by atoms with E-state index in [9.17, 15) is 0 Å². The molecule has 2 aromatic rings. The van der Waals surface area contributed by atoms with Crippen LogP contribution < -0.4 is 4.74 Å². The SMILES string of the molecule is CN(C)CC(=N)C1C=C(c2ccccc2)Oc2ccc(Cl)cc21. The quantitative estimate of drug-likeness (QED) is 0.843. The summed E-state index contributed by atoms with van der Waals surface area (Å²) in [6.45, 7) is 0.592. The molecule has 3 rings (SSSR count). The third-order valence-electron chi connectivity index (χ3n) is 3.77. The normalized spacial score (nSPS) is 16.5. The van der Waals surface area contributed by atoms with Gasteiger partial charge in [0.25, 0.3) is 0 Å². The molecule has 0 aromatic heterocycles. The summed E-state index contributed by atoms with van der Waals surface area (Å²) in [6.07, 6.45) is 2.01. The Morgan fingerprint density at radius 2 is 1.91 bits per heavy atom. The fourth-order valence-electron chi connectivity index (χ4n) is 2.73. The molecule has 1 atom stereocenters. The van der Waals surface area contributed by atoms with Gasteiger partial charge in [0.1, 0.15) is 11.5 Å². The molecule has 0 aliphatic carbocycles. The highest BCUT2D eigenvalue weighted by Crippen LogP contribution is 2.39. The monoisotopic (exact) mass is 326 g/mol. The smallest absolute Gasteiger partial charge is 0.131 e. The van der Waals surface area contributed by atoms with Crippen LogP contribution >= 0.6 is 11.6 Å². The van der Waals surface area contributed by atoms with Gasteiger partial charge in [-0.25, -0.2) is 0 Å². The van der Waals surface area contributed by atoms with Crippen LogP contribution in [0.15, 0.2) is 54.6 Å². The minimum absolute atomic E-state index is 0.130. The fraction of sp³-hybridized carbons (Fsp3) is 0.211. The van der Waals surface area contributed by atoms with E-state index in [1.54, 1.807) is 0 Å². The number of allylic oxidation sites excluding steroid dienone is 1. The van der Waals surface area contributed by atoms with E-state index in [0.29, 0.717) is 17.3 Å². The lowest BCUT2D eigenvalue weighted by Gasteiger charge is -2.27. The first-order chi connectivity index (χ1) is 11.0. The van der Waals surface area contributed by atoms with Gasteiger partial charge in [0.2, 0.25) is 0 Å². The lowest BCUT2D eigenvalue weighted by Crippen LogP contribution is -2.27. The van der Waals surface area contributed by atoms with Crippen LogP contribution in [0.3, 0.4) is 0 Å². The Bertz CT molecular complexity index is 753. The Morgan fingerprint density at radius 3 is 2.61 bits per heavy atom. The standard InChI is InChI=1S/C19H19ClN2O/c1-22(2)12-17(21)15-11-19(13-6-4-3-5-7-13)23-18-9-8-14(20)10-16(15)18/h3-11,15,21H,12H2,1-2H3. The largest absolute Gasteiger partial charge is 0.457 e. The highest BCUT2D eigenvalue weighted by atomic mass is 35.5. The molecule has 0 radical (unpaired) electrons. The molecule has 2 aromatic carbocycles. The van der Waals surface area contributed by atoms with Gasteiger partial charge in [0.05, 0.1) is 0 Å². The summed E-state index contributed by atoms with van der Waals surface area (Å²) in [5.74, 6) is 1.42. The lowest BCUT2D eigenvalue weighted by molar-refractivity contribution is 0.461. The maximum Gasteiger partial charge on any atom is 0.131 e. The van der Waals surface area contributed by atoms with E-state index >= 15 is 0 Å². The molecule has 1 aliphatic heterocycles. The van der Waals surface area contributed by atoms with E-state index in [1.807, 2.05) is 73.6 Å². The Morgan fingerprint density at radius 1 is 1.17 bits per heavy atom. The van der Waals surface area contributed by atoms with Crippen LogP contribution in [0.2, 0.25) is 5.02 Å². The van der Waals surface area contributed by atoms with Crippen LogP contribution in [0, 0.1) is 5.41 Å². The van der Waals surface area contributed by atoms with Crippen LogP contribution in [0.1, 0.15) is 17.0 Å². The van der Waals surface area contributed by atoms with Crippen LogP contribution in [-0.4, -0.2) is 31.3 Å². The second kappa shape index (κ2) is 6.57. The van der Waals surface area contributed by atoms with Crippen molar-refractivity contribution in [2.45, 2.75) is 5.92 Å². The molecule has 3 nitrogen and oxygen atoms in total. The van der Waals surface area contributed by atoms with Crippen molar-refractivity contribution < 1.29 is 4.74 Å². The maximum absolute atomic E-state index is 8.48. The summed E-state index contributed by atoms with van der Waals surface area (Å²) in [5.41, 5.74) is 2.58. The Kier molecular flexibility index (Phi) is 4.51. The number of rotatable bonds is 4. The topological polar surface area (TPSA) is 36.3 Å². The fourth-order valence-corrected chi connectivity index (χ4v) is 2.91. The molecule has 0 saturated heterocycles. The molecule has 1 aliphatic rings. The van der Waals surface area contributed by atoms with E-state index in [0.717, 1.165) is 22.6 Å². The van der Waals surface area contributed by atoms with Gasteiger partial charge in [-0.2, -0.15) is 0 Å². The molecule has 1 unspecified atom stereocenters. The van der Waals surface area contributed by atoms with Crippen molar-refractivity contribution in [3.05, 3.63) is 70.8 Å². The van der Waals surface area contributed by atoms with E-state index in [-0.39, 0.29) is 5.92 Å². The molecule has 1 N–H and O–H groups in total. The van der Waals surface area contributed by atoms with Crippen molar-refractivity contribution in [3.63, 3.8) is 0 Å². The second-order valence-electron chi connectivity index (χ2n) is 5.92. The molecule has 0 spiro atoms. The molecule has 23 heavy (non-hydrogen) atoms. The average molecular weight is 327 g/mol. The first-order valence-corrected chi connectivity index (χ1v) is 7.89. The first-order valence-electron chi connectivity index (χ1n) is 7.51. The summed E-state index contributed by atoms with van der Waals surface area (Å²) >= 11 is 6.15. The number of nitrogens with one attached hydrogen (secondary N) is 1. The molecule has 0 saturated carbocycles. The van der Waals surface area contributed by atoms with Crippen LogP contribution in [0.25, 0.3) is 5.76 Å². The van der Waals surface area contributed by atoms with Gasteiger partial charge in [0, 0.05) is 34.3 Å².